The van der Waals surface area contributed by atoms with E-state index < -0.39 is 0 Å². The van der Waals surface area contributed by atoms with E-state index in [0.717, 1.165) is 17.5 Å². The van der Waals surface area contributed by atoms with Crippen LogP contribution in [0.3, 0.4) is 0 Å². The zero-order valence-corrected chi connectivity index (χ0v) is 14.8. The molecule has 2 rings (SSSR count). The molecule has 1 aliphatic rings. The van der Waals surface area contributed by atoms with Gasteiger partial charge in [0.1, 0.15) is 5.75 Å². The Morgan fingerprint density at radius 1 is 1.35 bits per heavy atom. The number of nitrogens with one attached hydrogen (secondary N) is 1. The normalized spacial score (nSPS) is 25.7. The highest BCUT2D eigenvalue weighted by Crippen LogP contribution is 2.27. The molecule has 0 bridgehead atoms. The minimum Gasteiger partial charge on any atom is -0.495 e. The minimum absolute atomic E-state index is 0.0507. The number of para-hydroxylation sites is 2. The number of hydrogen-bond acceptors (Lipinski definition) is 2. The number of nitrogens with two attached hydrogens (primary N) is 1. The molecule has 0 aromatic heterocycles. The predicted octanol–water partition coefficient (Wildman–Crippen LogP) is 2.80. The van der Waals surface area contributed by atoms with Gasteiger partial charge in [0.05, 0.1) is 31.3 Å². The second kappa shape index (κ2) is 8.34. The summed E-state index contributed by atoms with van der Waals surface area (Å²) in [4.78, 5) is 12.3. The molecule has 4 nitrogen and oxygen atoms in total. The highest BCUT2D eigenvalue weighted by molar-refractivity contribution is 5.92. The minimum atomic E-state index is 0.0507. The Bertz CT molecular complexity index is 518. The van der Waals surface area contributed by atoms with E-state index in [-0.39, 0.29) is 5.91 Å². The highest BCUT2D eigenvalue weighted by Gasteiger charge is 2.31. The molecule has 1 aliphatic carbocycles. The molecule has 0 unspecified atom stereocenters. The molecule has 1 aromatic rings. The van der Waals surface area contributed by atoms with Crippen molar-refractivity contribution >= 4 is 11.6 Å². The van der Waals surface area contributed by atoms with Crippen molar-refractivity contribution in [2.24, 2.45) is 11.8 Å². The Kier molecular flexibility index (Phi) is 6.46. The van der Waals surface area contributed by atoms with Gasteiger partial charge in [0, 0.05) is 5.92 Å². The zero-order valence-electron chi connectivity index (χ0n) is 14.8. The molecule has 0 spiro atoms. The Labute approximate surface area is 140 Å². The van der Waals surface area contributed by atoms with E-state index in [1.807, 2.05) is 24.3 Å². The zero-order chi connectivity index (χ0) is 16.8. The van der Waals surface area contributed by atoms with Crippen molar-refractivity contribution in [2.75, 3.05) is 12.4 Å². The SMILES string of the molecule is COc1ccccc1NC(=O)C[C@H](C)[NH2+][C@H]1CCC[C@H](C)[C@H]1C. The number of anilines is 1. The number of benzene rings is 1. The quantitative estimate of drug-likeness (QED) is 0.847. The van der Waals surface area contributed by atoms with Crippen molar-refractivity contribution in [3.63, 3.8) is 0 Å². The number of quaternary nitrogens is 1. The summed E-state index contributed by atoms with van der Waals surface area (Å²) in [6.45, 7) is 6.85. The fourth-order valence-corrected chi connectivity index (χ4v) is 3.63. The third-order valence-corrected chi connectivity index (χ3v) is 5.23. The Morgan fingerprint density at radius 3 is 2.83 bits per heavy atom. The fourth-order valence-electron chi connectivity index (χ4n) is 3.63. The van der Waals surface area contributed by atoms with Crippen LogP contribution in [0.4, 0.5) is 5.69 Å². The van der Waals surface area contributed by atoms with E-state index in [4.69, 9.17) is 4.74 Å². The maximum atomic E-state index is 12.3. The van der Waals surface area contributed by atoms with Crippen molar-refractivity contribution < 1.29 is 14.8 Å². The lowest BCUT2D eigenvalue weighted by Crippen LogP contribution is -2.96. The molecule has 128 valence electrons. The van der Waals surface area contributed by atoms with Crippen LogP contribution >= 0.6 is 0 Å². The standard InChI is InChI=1S/C19H30N2O2/c1-13-8-7-10-16(15(13)3)20-14(2)12-19(22)21-17-9-5-6-11-18(17)23-4/h5-6,9,11,13-16,20H,7-8,10,12H2,1-4H3,(H,21,22)/p+1/t13-,14-,15+,16-/m0/s1. The van der Waals surface area contributed by atoms with Gasteiger partial charge >= 0.3 is 0 Å². The summed E-state index contributed by atoms with van der Waals surface area (Å²) < 4.78 is 5.28. The molecule has 23 heavy (non-hydrogen) atoms. The largest absolute Gasteiger partial charge is 0.495 e. The van der Waals surface area contributed by atoms with Gasteiger partial charge in [-0.05, 0) is 44.2 Å². The average Bonchev–Trinajstić information content (AvgIpc) is 2.52. The molecule has 1 aromatic carbocycles. The first-order valence-electron chi connectivity index (χ1n) is 8.79. The molecule has 4 atom stereocenters. The lowest BCUT2D eigenvalue weighted by Gasteiger charge is -2.33. The van der Waals surface area contributed by atoms with Crippen molar-refractivity contribution in [1.82, 2.24) is 0 Å². The Balaban J connectivity index is 1.85. The van der Waals surface area contributed by atoms with Crippen LogP contribution in [-0.2, 0) is 4.79 Å². The van der Waals surface area contributed by atoms with E-state index >= 15 is 0 Å². The van der Waals surface area contributed by atoms with Gasteiger partial charge in [-0.2, -0.15) is 0 Å². The van der Waals surface area contributed by atoms with E-state index in [0.29, 0.717) is 24.3 Å². The Hall–Kier alpha value is -1.55. The molecule has 1 saturated carbocycles. The maximum Gasteiger partial charge on any atom is 0.230 e. The molecule has 0 saturated heterocycles. The number of rotatable bonds is 6. The molecule has 3 N–H and O–H groups in total. The first-order valence-corrected chi connectivity index (χ1v) is 8.79. The summed E-state index contributed by atoms with van der Waals surface area (Å²) >= 11 is 0. The van der Waals surface area contributed by atoms with Crippen LogP contribution in [0.5, 0.6) is 5.75 Å². The highest BCUT2D eigenvalue weighted by atomic mass is 16.5. The molecule has 0 radical (unpaired) electrons. The van der Waals surface area contributed by atoms with Gasteiger partial charge in [0.25, 0.3) is 0 Å². The van der Waals surface area contributed by atoms with E-state index in [2.05, 4.69) is 31.4 Å². The fraction of sp³-hybridized carbons (Fsp3) is 0.632. The van der Waals surface area contributed by atoms with Crippen LogP contribution in [0.15, 0.2) is 24.3 Å². The van der Waals surface area contributed by atoms with Gasteiger partial charge in [0.2, 0.25) is 5.91 Å². The van der Waals surface area contributed by atoms with Gasteiger partial charge in [-0.1, -0.05) is 26.0 Å². The average molecular weight is 319 g/mol. The second-order valence-electron chi connectivity index (χ2n) is 7.05. The summed E-state index contributed by atoms with van der Waals surface area (Å²) in [6, 6.07) is 8.47. The number of carbonyl (C=O) groups excluding carboxylic acids is 1. The lowest BCUT2D eigenvalue weighted by atomic mass is 9.78. The third kappa shape index (κ3) is 4.96. The van der Waals surface area contributed by atoms with Gasteiger partial charge in [0.15, 0.2) is 0 Å². The van der Waals surface area contributed by atoms with Gasteiger partial charge < -0.3 is 15.4 Å². The van der Waals surface area contributed by atoms with Crippen molar-refractivity contribution in [2.45, 2.75) is 58.5 Å². The van der Waals surface area contributed by atoms with Crippen molar-refractivity contribution in [1.29, 1.82) is 0 Å². The second-order valence-corrected chi connectivity index (χ2v) is 7.05. The number of ether oxygens (including phenoxy) is 1. The number of carbonyl (C=O) groups is 1. The number of amides is 1. The van der Waals surface area contributed by atoms with Crippen LogP contribution in [0, 0.1) is 11.8 Å². The summed E-state index contributed by atoms with van der Waals surface area (Å²) in [5, 5.41) is 5.37. The van der Waals surface area contributed by atoms with Crippen LogP contribution in [0.2, 0.25) is 0 Å². The van der Waals surface area contributed by atoms with Crippen LogP contribution in [0.25, 0.3) is 0 Å². The molecule has 0 aliphatic heterocycles. The first kappa shape index (κ1) is 17.8. The third-order valence-electron chi connectivity index (χ3n) is 5.23. The van der Waals surface area contributed by atoms with Gasteiger partial charge in [-0.3, -0.25) is 4.79 Å². The Morgan fingerprint density at radius 2 is 2.09 bits per heavy atom. The monoisotopic (exact) mass is 319 g/mol. The number of methoxy groups -OCH3 is 1. The smallest absolute Gasteiger partial charge is 0.230 e. The summed E-state index contributed by atoms with van der Waals surface area (Å²) in [6.07, 6.45) is 4.45. The molecule has 4 heteroatoms. The van der Waals surface area contributed by atoms with E-state index in [1.165, 1.54) is 19.3 Å². The summed E-state index contributed by atoms with van der Waals surface area (Å²) in [7, 11) is 1.62. The first-order chi connectivity index (χ1) is 11.0. The van der Waals surface area contributed by atoms with Gasteiger partial charge in [-0.15, -0.1) is 0 Å². The van der Waals surface area contributed by atoms with Crippen LogP contribution in [-0.4, -0.2) is 25.1 Å². The summed E-state index contributed by atoms with van der Waals surface area (Å²) in [5.41, 5.74) is 0.742. The van der Waals surface area contributed by atoms with Gasteiger partial charge in [-0.25, -0.2) is 0 Å². The van der Waals surface area contributed by atoms with E-state index in [9.17, 15) is 4.79 Å². The van der Waals surface area contributed by atoms with Crippen molar-refractivity contribution in [3.8, 4) is 5.75 Å². The van der Waals surface area contributed by atoms with Crippen LogP contribution < -0.4 is 15.4 Å². The molecule has 0 heterocycles. The topological polar surface area (TPSA) is 54.9 Å². The summed E-state index contributed by atoms with van der Waals surface area (Å²) in [5.74, 6) is 2.27. The predicted molar refractivity (Wildman–Crippen MR) is 93.6 cm³/mol. The molecular weight excluding hydrogens is 288 g/mol. The van der Waals surface area contributed by atoms with E-state index in [1.54, 1.807) is 7.11 Å². The maximum absolute atomic E-state index is 12.3. The van der Waals surface area contributed by atoms with Crippen LogP contribution in [0.1, 0.15) is 46.5 Å². The molecule has 1 fully saturated rings. The molecular formula is C19H31N2O2+. The van der Waals surface area contributed by atoms with Crippen molar-refractivity contribution in [3.05, 3.63) is 24.3 Å². The molecule has 1 amide bonds. The number of hydrogen-bond donors (Lipinski definition) is 2. The lowest BCUT2D eigenvalue weighted by molar-refractivity contribution is -0.726.